The van der Waals surface area contributed by atoms with Gasteiger partial charge in [-0.1, -0.05) is 51.8 Å². The van der Waals surface area contributed by atoms with E-state index in [0.717, 1.165) is 26.2 Å². The van der Waals surface area contributed by atoms with E-state index < -0.39 is 0 Å². The fraction of sp³-hybridized carbons (Fsp3) is 0. The molecule has 0 aliphatic rings. The van der Waals surface area contributed by atoms with E-state index in [-0.39, 0.29) is 5.82 Å². The van der Waals surface area contributed by atoms with Crippen LogP contribution in [0.2, 0.25) is 4.47 Å². The minimum absolute atomic E-state index is 0.255. The minimum Gasteiger partial charge on any atom is -0.224 e. The lowest BCUT2D eigenvalue weighted by atomic mass is 10.1. The monoisotopic (exact) mass is 367 g/mol. The Hall–Kier alpha value is -1.23. The summed E-state index contributed by atoms with van der Waals surface area (Å²) >= 11 is 10.9. The van der Waals surface area contributed by atoms with E-state index in [4.69, 9.17) is 11.6 Å². The van der Waals surface area contributed by atoms with E-state index in [0.29, 0.717) is 4.47 Å². The summed E-state index contributed by atoms with van der Waals surface area (Å²) in [5, 5.41) is 0. The zero-order valence-corrected chi connectivity index (χ0v) is 13.3. The molecule has 0 N–H and O–H groups in total. The zero-order valence-electron chi connectivity index (χ0n) is 10.1. The Balaban J connectivity index is 2.12. The van der Waals surface area contributed by atoms with Crippen molar-refractivity contribution in [3.05, 3.63) is 63.3 Å². The van der Waals surface area contributed by atoms with Gasteiger partial charge >= 0.3 is 0 Å². The molecule has 0 amide bonds. The van der Waals surface area contributed by atoms with Gasteiger partial charge in [0, 0.05) is 10.0 Å². The van der Waals surface area contributed by atoms with Gasteiger partial charge in [0.15, 0.2) is 4.47 Å². The third-order valence-corrected chi connectivity index (χ3v) is 4.56. The van der Waals surface area contributed by atoms with Crippen LogP contribution < -0.4 is 0 Å². The van der Waals surface area contributed by atoms with Crippen LogP contribution in [-0.4, -0.2) is 4.98 Å². The average molecular weight is 369 g/mol. The molecule has 0 atom stereocenters. The molecule has 3 aromatic rings. The molecule has 20 heavy (non-hydrogen) atoms. The first kappa shape index (κ1) is 13.7. The van der Waals surface area contributed by atoms with E-state index in [1.165, 1.54) is 23.5 Å². The first-order valence-electron chi connectivity index (χ1n) is 5.82. The quantitative estimate of drug-likeness (QED) is 0.538. The lowest BCUT2D eigenvalue weighted by Crippen LogP contribution is -1.82. The van der Waals surface area contributed by atoms with Crippen LogP contribution >= 0.6 is 38.9 Å². The van der Waals surface area contributed by atoms with Crippen molar-refractivity contribution in [1.82, 2.24) is 4.98 Å². The highest BCUT2D eigenvalue weighted by molar-refractivity contribution is 9.10. The zero-order chi connectivity index (χ0) is 14.1. The second-order valence-electron chi connectivity index (χ2n) is 4.16. The van der Waals surface area contributed by atoms with Crippen molar-refractivity contribution >= 4 is 38.9 Å². The second-order valence-corrected chi connectivity index (χ2v) is 6.66. The van der Waals surface area contributed by atoms with Gasteiger partial charge < -0.3 is 0 Å². The molecule has 0 bridgehead atoms. The number of benzene rings is 2. The predicted octanol–water partition coefficient (Wildman–Crippen LogP) is 6.03. The summed E-state index contributed by atoms with van der Waals surface area (Å²) in [6.07, 6.45) is 0. The molecule has 2 aromatic carbocycles. The number of rotatable bonds is 2. The maximum absolute atomic E-state index is 13.0. The molecule has 1 heterocycles. The molecule has 1 nitrogen and oxygen atoms in total. The SMILES string of the molecule is Fc1ccc(-c2sc(Cl)nc2-c2ccc(Br)cc2)cc1. The molecular weight excluding hydrogens is 361 g/mol. The largest absolute Gasteiger partial charge is 0.224 e. The maximum atomic E-state index is 13.0. The van der Waals surface area contributed by atoms with Gasteiger partial charge in [0.05, 0.1) is 10.6 Å². The minimum atomic E-state index is -0.255. The summed E-state index contributed by atoms with van der Waals surface area (Å²) in [6.45, 7) is 0. The van der Waals surface area contributed by atoms with Crippen LogP contribution in [0.15, 0.2) is 53.0 Å². The Labute approximate surface area is 133 Å². The summed E-state index contributed by atoms with van der Waals surface area (Å²) in [4.78, 5) is 5.33. The molecule has 0 radical (unpaired) electrons. The number of hydrogen-bond donors (Lipinski definition) is 0. The van der Waals surface area contributed by atoms with Crippen molar-refractivity contribution in [3.63, 3.8) is 0 Å². The molecule has 5 heteroatoms. The topological polar surface area (TPSA) is 12.9 Å². The lowest BCUT2D eigenvalue weighted by molar-refractivity contribution is 0.628. The van der Waals surface area contributed by atoms with Gasteiger partial charge in [-0.2, -0.15) is 0 Å². The van der Waals surface area contributed by atoms with Crippen molar-refractivity contribution < 1.29 is 4.39 Å². The van der Waals surface area contributed by atoms with E-state index in [2.05, 4.69) is 20.9 Å². The van der Waals surface area contributed by atoms with Crippen LogP contribution in [0.5, 0.6) is 0 Å². The first-order valence-corrected chi connectivity index (χ1v) is 7.80. The summed E-state index contributed by atoms with van der Waals surface area (Å²) in [5.74, 6) is -0.255. The van der Waals surface area contributed by atoms with Crippen LogP contribution in [0.3, 0.4) is 0 Å². The van der Waals surface area contributed by atoms with Gasteiger partial charge in [-0.3, -0.25) is 0 Å². The third kappa shape index (κ3) is 2.77. The van der Waals surface area contributed by atoms with E-state index in [1.807, 2.05) is 24.3 Å². The van der Waals surface area contributed by atoms with Crippen molar-refractivity contribution in [2.75, 3.05) is 0 Å². The maximum Gasteiger partial charge on any atom is 0.184 e. The molecule has 3 rings (SSSR count). The van der Waals surface area contributed by atoms with Gasteiger partial charge in [-0.05, 0) is 29.8 Å². The van der Waals surface area contributed by atoms with Crippen molar-refractivity contribution in [2.45, 2.75) is 0 Å². The van der Waals surface area contributed by atoms with Crippen molar-refractivity contribution in [1.29, 1.82) is 0 Å². The summed E-state index contributed by atoms with van der Waals surface area (Å²) < 4.78 is 14.5. The van der Waals surface area contributed by atoms with Crippen LogP contribution in [-0.2, 0) is 0 Å². The van der Waals surface area contributed by atoms with Crippen LogP contribution in [0.25, 0.3) is 21.7 Å². The molecular formula is C15H8BrClFNS. The van der Waals surface area contributed by atoms with Crippen molar-refractivity contribution in [3.8, 4) is 21.7 Å². The van der Waals surface area contributed by atoms with Crippen LogP contribution in [0.1, 0.15) is 0 Å². The highest BCUT2D eigenvalue weighted by atomic mass is 79.9. The van der Waals surface area contributed by atoms with Crippen LogP contribution in [0.4, 0.5) is 4.39 Å². The first-order chi connectivity index (χ1) is 9.63. The second kappa shape index (κ2) is 5.64. The molecule has 100 valence electrons. The smallest absolute Gasteiger partial charge is 0.184 e. The Morgan fingerprint density at radius 1 is 0.950 bits per heavy atom. The molecule has 0 unspecified atom stereocenters. The summed E-state index contributed by atoms with van der Waals surface area (Å²) in [5.41, 5.74) is 2.71. The number of aromatic nitrogens is 1. The lowest BCUT2D eigenvalue weighted by Gasteiger charge is -2.03. The predicted molar refractivity (Wildman–Crippen MR) is 85.7 cm³/mol. The molecule has 1 aromatic heterocycles. The highest BCUT2D eigenvalue weighted by Gasteiger charge is 2.14. The molecule has 0 aliphatic heterocycles. The third-order valence-electron chi connectivity index (χ3n) is 2.83. The van der Waals surface area contributed by atoms with Gasteiger partial charge in [0.25, 0.3) is 0 Å². The van der Waals surface area contributed by atoms with E-state index in [1.54, 1.807) is 12.1 Å². The molecule has 0 fully saturated rings. The fourth-order valence-corrected chi connectivity index (χ4v) is 3.29. The molecule has 0 saturated heterocycles. The summed E-state index contributed by atoms with van der Waals surface area (Å²) in [6, 6.07) is 14.2. The fourth-order valence-electron chi connectivity index (χ4n) is 1.89. The Morgan fingerprint density at radius 2 is 1.55 bits per heavy atom. The van der Waals surface area contributed by atoms with Gasteiger partial charge in [-0.25, -0.2) is 9.37 Å². The normalized spacial score (nSPS) is 10.8. The number of halogens is 3. The van der Waals surface area contributed by atoms with Gasteiger partial charge in [-0.15, -0.1) is 11.3 Å². The molecule has 0 aliphatic carbocycles. The molecule has 0 spiro atoms. The number of nitrogens with zero attached hydrogens (tertiary/aromatic N) is 1. The Morgan fingerprint density at radius 3 is 2.20 bits per heavy atom. The number of hydrogen-bond acceptors (Lipinski definition) is 2. The standard InChI is InChI=1S/C15H8BrClFNS/c16-11-5-1-9(2-6-11)13-14(20-15(17)19-13)10-3-7-12(18)8-4-10/h1-8H. The van der Waals surface area contributed by atoms with E-state index >= 15 is 0 Å². The molecule has 0 saturated carbocycles. The van der Waals surface area contributed by atoms with Crippen LogP contribution in [0, 0.1) is 5.82 Å². The van der Waals surface area contributed by atoms with Crippen molar-refractivity contribution in [2.24, 2.45) is 0 Å². The number of thiazole rings is 1. The summed E-state index contributed by atoms with van der Waals surface area (Å²) in [7, 11) is 0. The highest BCUT2D eigenvalue weighted by Crippen LogP contribution is 2.38. The Kier molecular flexibility index (Phi) is 3.87. The Bertz CT molecular complexity index is 675. The average Bonchev–Trinajstić information content (AvgIpc) is 2.82. The van der Waals surface area contributed by atoms with Gasteiger partial charge in [0.2, 0.25) is 0 Å². The van der Waals surface area contributed by atoms with Gasteiger partial charge in [0.1, 0.15) is 5.82 Å². The van der Waals surface area contributed by atoms with E-state index in [9.17, 15) is 4.39 Å².